The zero-order valence-electron chi connectivity index (χ0n) is 10.3. The second kappa shape index (κ2) is 7.92. The Balaban J connectivity index is 2.67. The molecule has 0 aromatic heterocycles. The third-order valence-corrected chi connectivity index (χ3v) is 2.33. The van der Waals surface area contributed by atoms with Crippen molar-refractivity contribution in [1.29, 1.82) is 0 Å². The molecule has 0 radical (unpaired) electrons. The maximum Gasteiger partial charge on any atom is 0.338 e. The molecule has 0 N–H and O–H groups in total. The number of hydrogen-bond acceptors (Lipinski definition) is 2. The molecule has 0 spiro atoms. The summed E-state index contributed by atoms with van der Waals surface area (Å²) in [4.78, 5) is 11.9. The second-order valence-corrected chi connectivity index (χ2v) is 3.68. The van der Waals surface area contributed by atoms with Gasteiger partial charge in [0.05, 0.1) is 5.56 Å². The second-order valence-electron chi connectivity index (χ2n) is 3.68. The van der Waals surface area contributed by atoms with Crippen LogP contribution in [0.4, 0.5) is 0 Å². The van der Waals surface area contributed by atoms with E-state index in [0.29, 0.717) is 18.4 Å². The van der Waals surface area contributed by atoms with Crippen molar-refractivity contribution < 1.29 is 9.53 Å². The van der Waals surface area contributed by atoms with Crippen LogP contribution in [0.5, 0.6) is 0 Å². The average Bonchev–Trinajstić information content (AvgIpc) is 2.42. The van der Waals surface area contributed by atoms with Crippen LogP contribution in [0.3, 0.4) is 0 Å². The van der Waals surface area contributed by atoms with Gasteiger partial charge in [0.25, 0.3) is 0 Å². The zero-order chi connectivity index (χ0) is 13.2. The van der Waals surface area contributed by atoms with Gasteiger partial charge in [-0.1, -0.05) is 31.4 Å². The van der Waals surface area contributed by atoms with Crippen molar-refractivity contribution in [3.63, 3.8) is 0 Å². The van der Waals surface area contributed by atoms with E-state index in [2.05, 4.69) is 24.6 Å². The lowest BCUT2D eigenvalue weighted by atomic mass is 10.1. The van der Waals surface area contributed by atoms with Crippen LogP contribution in [0.25, 0.3) is 0 Å². The van der Waals surface area contributed by atoms with E-state index in [1.165, 1.54) is 0 Å². The number of esters is 1. The molecule has 0 saturated carbocycles. The van der Waals surface area contributed by atoms with E-state index in [0.717, 1.165) is 0 Å². The highest BCUT2D eigenvalue weighted by Crippen LogP contribution is 2.10. The summed E-state index contributed by atoms with van der Waals surface area (Å²) >= 11 is 0. The number of ether oxygens (including phenoxy) is 1. The molecule has 0 unspecified atom stereocenters. The van der Waals surface area contributed by atoms with Gasteiger partial charge in [-0.15, -0.1) is 11.5 Å². The minimum absolute atomic E-state index is 0.235. The van der Waals surface area contributed by atoms with Gasteiger partial charge in [-0.3, -0.25) is 0 Å². The van der Waals surface area contributed by atoms with Gasteiger partial charge in [0.2, 0.25) is 0 Å². The fraction of sp³-hybridized carbons (Fsp3) is 0.188. The minimum Gasteiger partial charge on any atom is -0.458 e. The first-order valence-corrected chi connectivity index (χ1v) is 5.72. The van der Waals surface area contributed by atoms with Gasteiger partial charge >= 0.3 is 5.97 Å². The lowest BCUT2D eigenvalue weighted by molar-refractivity contribution is 0.0315. The van der Waals surface area contributed by atoms with Crippen molar-refractivity contribution in [3.8, 4) is 0 Å². The SMILES string of the molecule is C=C=CCC(CC=C=C)OC(=O)c1ccccc1. The van der Waals surface area contributed by atoms with Gasteiger partial charge in [-0.05, 0) is 24.3 Å². The molecule has 0 saturated heterocycles. The molecule has 0 atom stereocenters. The quantitative estimate of drug-likeness (QED) is 0.560. The number of benzene rings is 1. The molecule has 0 aliphatic carbocycles. The summed E-state index contributed by atoms with van der Waals surface area (Å²) in [5.41, 5.74) is 5.89. The van der Waals surface area contributed by atoms with Crippen molar-refractivity contribution in [2.75, 3.05) is 0 Å². The number of hydrogen-bond donors (Lipinski definition) is 0. The number of carbonyl (C=O) groups is 1. The maximum atomic E-state index is 11.9. The Bertz CT molecular complexity index is 455. The molecule has 0 fully saturated rings. The van der Waals surface area contributed by atoms with E-state index < -0.39 is 0 Å². The summed E-state index contributed by atoms with van der Waals surface area (Å²) in [7, 11) is 0. The van der Waals surface area contributed by atoms with Crippen LogP contribution < -0.4 is 0 Å². The van der Waals surface area contributed by atoms with Crippen molar-refractivity contribution in [3.05, 3.63) is 72.7 Å². The molecule has 1 rings (SSSR count). The molecule has 0 amide bonds. The first kappa shape index (κ1) is 13.8. The summed E-state index contributed by atoms with van der Waals surface area (Å²) in [5.74, 6) is -0.324. The van der Waals surface area contributed by atoms with Crippen molar-refractivity contribution in [2.24, 2.45) is 0 Å². The standard InChI is InChI=1S/C16H16O2/c1-3-5-12-15(13-6-4-2)18-16(17)14-10-8-7-9-11-14/h5-11,15H,1-2,12-13H2. The Morgan fingerprint density at radius 1 is 1.17 bits per heavy atom. The average molecular weight is 240 g/mol. The predicted molar refractivity (Wildman–Crippen MR) is 72.3 cm³/mol. The van der Waals surface area contributed by atoms with E-state index in [4.69, 9.17) is 4.74 Å². The molecule has 2 heteroatoms. The first-order valence-electron chi connectivity index (χ1n) is 5.72. The molecule has 2 nitrogen and oxygen atoms in total. The molecule has 0 aliphatic rings. The van der Waals surface area contributed by atoms with Crippen LogP contribution in [0, 0.1) is 0 Å². The minimum atomic E-state index is -0.324. The first-order chi connectivity index (χ1) is 8.77. The van der Waals surface area contributed by atoms with Gasteiger partial charge < -0.3 is 4.74 Å². The Morgan fingerprint density at radius 2 is 1.72 bits per heavy atom. The highest BCUT2D eigenvalue weighted by molar-refractivity contribution is 5.89. The molecule has 92 valence electrons. The summed E-state index contributed by atoms with van der Waals surface area (Å²) in [6, 6.07) is 8.92. The number of rotatable bonds is 6. The lowest BCUT2D eigenvalue weighted by Gasteiger charge is -2.14. The van der Waals surface area contributed by atoms with Crippen LogP contribution in [-0.4, -0.2) is 12.1 Å². The smallest absolute Gasteiger partial charge is 0.338 e. The van der Waals surface area contributed by atoms with Crippen LogP contribution in [0.2, 0.25) is 0 Å². The van der Waals surface area contributed by atoms with Crippen molar-refractivity contribution in [1.82, 2.24) is 0 Å². The molecular weight excluding hydrogens is 224 g/mol. The van der Waals surface area contributed by atoms with Gasteiger partial charge in [0.15, 0.2) is 0 Å². The molecule has 0 aliphatic heterocycles. The van der Waals surface area contributed by atoms with Crippen LogP contribution in [0.1, 0.15) is 23.2 Å². The van der Waals surface area contributed by atoms with E-state index in [9.17, 15) is 4.79 Å². The van der Waals surface area contributed by atoms with E-state index >= 15 is 0 Å². The monoisotopic (exact) mass is 240 g/mol. The molecular formula is C16H16O2. The fourth-order valence-corrected chi connectivity index (χ4v) is 1.42. The Hall–Kier alpha value is -2.27. The molecule has 0 heterocycles. The third kappa shape index (κ3) is 4.71. The van der Waals surface area contributed by atoms with Gasteiger partial charge in [0.1, 0.15) is 6.10 Å². The Kier molecular flexibility index (Phi) is 6.07. The molecule has 1 aromatic rings. The molecule has 0 bridgehead atoms. The molecule has 1 aromatic carbocycles. The fourth-order valence-electron chi connectivity index (χ4n) is 1.42. The van der Waals surface area contributed by atoms with Gasteiger partial charge in [-0.2, -0.15) is 0 Å². The normalized spacial score (nSPS) is 10.7. The van der Waals surface area contributed by atoms with E-state index in [-0.39, 0.29) is 12.1 Å². The Labute approximate surface area is 108 Å². The lowest BCUT2D eigenvalue weighted by Crippen LogP contribution is -2.17. The Morgan fingerprint density at radius 3 is 2.22 bits per heavy atom. The summed E-state index contributed by atoms with van der Waals surface area (Å²) in [5, 5.41) is 0. The van der Waals surface area contributed by atoms with Crippen LogP contribution >= 0.6 is 0 Å². The predicted octanol–water partition coefficient (Wildman–Crippen LogP) is 3.67. The summed E-state index contributed by atoms with van der Waals surface area (Å²) < 4.78 is 5.40. The highest BCUT2D eigenvalue weighted by atomic mass is 16.5. The highest BCUT2D eigenvalue weighted by Gasteiger charge is 2.13. The van der Waals surface area contributed by atoms with Gasteiger partial charge in [0, 0.05) is 12.8 Å². The number of carbonyl (C=O) groups excluding carboxylic acids is 1. The van der Waals surface area contributed by atoms with Crippen LogP contribution in [-0.2, 0) is 4.74 Å². The third-order valence-electron chi connectivity index (χ3n) is 2.33. The maximum absolute atomic E-state index is 11.9. The van der Waals surface area contributed by atoms with Crippen molar-refractivity contribution >= 4 is 5.97 Å². The van der Waals surface area contributed by atoms with Gasteiger partial charge in [-0.25, -0.2) is 4.79 Å². The topological polar surface area (TPSA) is 26.3 Å². The van der Waals surface area contributed by atoms with Crippen molar-refractivity contribution in [2.45, 2.75) is 18.9 Å². The molecule has 18 heavy (non-hydrogen) atoms. The van der Waals surface area contributed by atoms with E-state index in [1.54, 1.807) is 36.4 Å². The van der Waals surface area contributed by atoms with E-state index in [1.807, 2.05) is 6.07 Å². The summed E-state index contributed by atoms with van der Waals surface area (Å²) in [6.07, 6.45) is 4.43. The largest absolute Gasteiger partial charge is 0.458 e. The summed E-state index contributed by atoms with van der Waals surface area (Å²) in [6.45, 7) is 6.98. The van der Waals surface area contributed by atoms with Crippen LogP contribution in [0.15, 0.2) is 67.1 Å². The zero-order valence-corrected chi connectivity index (χ0v) is 10.3.